The maximum absolute atomic E-state index is 11.3. The fourth-order valence-corrected chi connectivity index (χ4v) is 1.20. The highest BCUT2D eigenvalue weighted by Gasteiger charge is 2.09. The summed E-state index contributed by atoms with van der Waals surface area (Å²) in [5, 5.41) is 0. The van der Waals surface area contributed by atoms with Crippen LogP contribution in [0.5, 0.6) is 0 Å². The van der Waals surface area contributed by atoms with Crippen molar-refractivity contribution in [1.82, 2.24) is 0 Å². The molecule has 2 heteroatoms. The van der Waals surface area contributed by atoms with Crippen LogP contribution < -0.4 is 0 Å². The van der Waals surface area contributed by atoms with Crippen molar-refractivity contribution in [2.24, 2.45) is 5.92 Å². The molecule has 14 heavy (non-hydrogen) atoms. The van der Waals surface area contributed by atoms with Gasteiger partial charge in [-0.05, 0) is 20.3 Å². The van der Waals surface area contributed by atoms with Gasteiger partial charge in [0.25, 0.3) is 0 Å². The Morgan fingerprint density at radius 1 is 1.36 bits per heavy atom. The Morgan fingerprint density at radius 2 is 2.07 bits per heavy atom. The van der Waals surface area contributed by atoms with Crippen molar-refractivity contribution in [3.8, 4) is 0 Å². The quantitative estimate of drug-likeness (QED) is 0.356. The van der Waals surface area contributed by atoms with E-state index in [4.69, 9.17) is 4.74 Å². The third-order valence-electron chi connectivity index (χ3n) is 2.10. The zero-order valence-corrected chi connectivity index (χ0v) is 9.58. The molecule has 0 bridgehead atoms. The second-order valence-electron chi connectivity index (χ2n) is 3.54. The summed E-state index contributed by atoms with van der Waals surface area (Å²) in [7, 11) is 0. The number of hydrogen-bond donors (Lipinski definition) is 0. The molecular formula is C12H22O2. The summed E-state index contributed by atoms with van der Waals surface area (Å²) in [5.41, 5.74) is 0. The molecule has 1 unspecified atom stereocenters. The zero-order valence-electron chi connectivity index (χ0n) is 9.58. The predicted octanol–water partition coefficient (Wildman–Crippen LogP) is 3.32. The van der Waals surface area contributed by atoms with Gasteiger partial charge in [-0.15, -0.1) is 0 Å². The van der Waals surface area contributed by atoms with Crippen LogP contribution in [0.1, 0.15) is 46.5 Å². The van der Waals surface area contributed by atoms with Gasteiger partial charge in [-0.25, -0.2) is 0 Å². The lowest BCUT2D eigenvalue weighted by Gasteiger charge is -2.07. The van der Waals surface area contributed by atoms with E-state index in [1.165, 1.54) is 12.8 Å². The summed E-state index contributed by atoms with van der Waals surface area (Å²) in [5.74, 6) is -0.217. The van der Waals surface area contributed by atoms with Crippen LogP contribution >= 0.6 is 0 Å². The third-order valence-corrected chi connectivity index (χ3v) is 2.10. The van der Waals surface area contributed by atoms with E-state index in [-0.39, 0.29) is 11.9 Å². The van der Waals surface area contributed by atoms with Gasteiger partial charge in [-0.1, -0.05) is 38.3 Å². The molecule has 0 fully saturated rings. The Morgan fingerprint density at radius 3 is 2.64 bits per heavy atom. The first-order valence-corrected chi connectivity index (χ1v) is 5.51. The van der Waals surface area contributed by atoms with E-state index in [1.807, 2.05) is 26.0 Å². The second kappa shape index (κ2) is 8.79. The largest absolute Gasteiger partial charge is 0.465 e. The molecule has 0 saturated heterocycles. The lowest BCUT2D eigenvalue weighted by Crippen LogP contribution is -2.13. The topological polar surface area (TPSA) is 26.3 Å². The lowest BCUT2D eigenvalue weighted by atomic mass is 10.2. The minimum atomic E-state index is -0.111. The van der Waals surface area contributed by atoms with Crippen LogP contribution in [0.25, 0.3) is 0 Å². The van der Waals surface area contributed by atoms with Crippen molar-refractivity contribution < 1.29 is 9.53 Å². The van der Waals surface area contributed by atoms with Gasteiger partial charge in [-0.2, -0.15) is 0 Å². The SMILES string of the molecule is C/C=C\C(C)C(=O)OCCCCCC. The van der Waals surface area contributed by atoms with E-state index in [2.05, 4.69) is 6.92 Å². The summed E-state index contributed by atoms with van der Waals surface area (Å²) in [6, 6.07) is 0. The highest BCUT2D eigenvalue weighted by molar-refractivity contribution is 5.73. The minimum absolute atomic E-state index is 0.105. The van der Waals surface area contributed by atoms with Crippen LogP contribution in [0.2, 0.25) is 0 Å². The molecule has 0 aliphatic heterocycles. The summed E-state index contributed by atoms with van der Waals surface area (Å²) < 4.78 is 5.11. The normalized spacial score (nSPS) is 13.1. The molecule has 0 heterocycles. The van der Waals surface area contributed by atoms with Crippen LogP contribution in [0.3, 0.4) is 0 Å². The van der Waals surface area contributed by atoms with E-state index in [1.54, 1.807) is 0 Å². The third kappa shape index (κ3) is 6.70. The summed E-state index contributed by atoms with van der Waals surface area (Å²) >= 11 is 0. The number of hydrogen-bond acceptors (Lipinski definition) is 2. The molecule has 0 rings (SSSR count). The Labute approximate surface area is 87.3 Å². The van der Waals surface area contributed by atoms with Crippen LogP contribution in [-0.2, 0) is 9.53 Å². The van der Waals surface area contributed by atoms with Gasteiger partial charge in [0, 0.05) is 0 Å². The number of allylic oxidation sites excluding steroid dienone is 1. The molecule has 0 amide bonds. The molecule has 0 aromatic heterocycles. The molecule has 0 aromatic carbocycles. The standard InChI is InChI=1S/C12H22O2/c1-4-6-7-8-10-14-12(13)11(3)9-5-2/h5,9,11H,4,6-8,10H2,1-3H3/b9-5-. The Bertz CT molecular complexity index is 173. The molecule has 2 nitrogen and oxygen atoms in total. The Hall–Kier alpha value is -0.790. The van der Waals surface area contributed by atoms with E-state index < -0.39 is 0 Å². The number of carbonyl (C=O) groups is 1. The van der Waals surface area contributed by atoms with E-state index in [9.17, 15) is 4.79 Å². The minimum Gasteiger partial charge on any atom is -0.465 e. The Balaban J connectivity index is 3.44. The van der Waals surface area contributed by atoms with Crippen molar-refractivity contribution >= 4 is 5.97 Å². The average molecular weight is 198 g/mol. The maximum atomic E-state index is 11.3. The first kappa shape index (κ1) is 13.2. The van der Waals surface area contributed by atoms with Crippen molar-refractivity contribution in [1.29, 1.82) is 0 Å². The first-order chi connectivity index (χ1) is 6.72. The van der Waals surface area contributed by atoms with Gasteiger partial charge in [-0.3, -0.25) is 4.79 Å². The first-order valence-electron chi connectivity index (χ1n) is 5.51. The van der Waals surface area contributed by atoms with Crippen LogP contribution in [-0.4, -0.2) is 12.6 Å². The van der Waals surface area contributed by atoms with E-state index >= 15 is 0 Å². The molecule has 0 N–H and O–H groups in total. The number of esters is 1. The number of unbranched alkanes of at least 4 members (excludes halogenated alkanes) is 3. The van der Waals surface area contributed by atoms with Crippen LogP contribution in [0, 0.1) is 5.92 Å². The number of ether oxygens (including phenoxy) is 1. The maximum Gasteiger partial charge on any atom is 0.312 e. The number of rotatable bonds is 7. The summed E-state index contributed by atoms with van der Waals surface area (Å²) in [6.45, 7) is 6.50. The van der Waals surface area contributed by atoms with Gasteiger partial charge in [0.2, 0.25) is 0 Å². The molecule has 0 aliphatic rings. The lowest BCUT2D eigenvalue weighted by molar-refractivity contribution is -0.146. The van der Waals surface area contributed by atoms with Crippen LogP contribution in [0.15, 0.2) is 12.2 Å². The van der Waals surface area contributed by atoms with Crippen LogP contribution in [0.4, 0.5) is 0 Å². The van der Waals surface area contributed by atoms with Gasteiger partial charge in [0.1, 0.15) is 0 Å². The molecule has 0 aromatic rings. The fourth-order valence-electron chi connectivity index (χ4n) is 1.20. The summed E-state index contributed by atoms with van der Waals surface area (Å²) in [6.07, 6.45) is 8.31. The average Bonchev–Trinajstić information content (AvgIpc) is 2.17. The molecule has 0 aliphatic carbocycles. The van der Waals surface area contributed by atoms with Crippen molar-refractivity contribution in [3.63, 3.8) is 0 Å². The predicted molar refractivity (Wildman–Crippen MR) is 59.1 cm³/mol. The van der Waals surface area contributed by atoms with E-state index in [0.717, 1.165) is 12.8 Å². The van der Waals surface area contributed by atoms with Crippen molar-refractivity contribution in [3.05, 3.63) is 12.2 Å². The smallest absolute Gasteiger partial charge is 0.312 e. The highest BCUT2D eigenvalue weighted by atomic mass is 16.5. The molecular weight excluding hydrogens is 176 g/mol. The van der Waals surface area contributed by atoms with Gasteiger partial charge in [0.05, 0.1) is 12.5 Å². The van der Waals surface area contributed by atoms with E-state index in [0.29, 0.717) is 6.61 Å². The Kier molecular flexibility index (Phi) is 8.30. The van der Waals surface area contributed by atoms with Gasteiger partial charge in [0.15, 0.2) is 0 Å². The van der Waals surface area contributed by atoms with Crippen molar-refractivity contribution in [2.75, 3.05) is 6.61 Å². The monoisotopic (exact) mass is 198 g/mol. The molecule has 82 valence electrons. The van der Waals surface area contributed by atoms with Gasteiger partial charge >= 0.3 is 5.97 Å². The zero-order chi connectivity index (χ0) is 10.8. The fraction of sp³-hybridized carbons (Fsp3) is 0.750. The second-order valence-corrected chi connectivity index (χ2v) is 3.54. The molecule has 0 radical (unpaired) electrons. The van der Waals surface area contributed by atoms with Gasteiger partial charge < -0.3 is 4.74 Å². The highest BCUT2D eigenvalue weighted by Crippen LogP contribution is 2.03. The molecule has 1 atom stereocenters. The molecule has 0 spiro atoms. The summed E-state index contributed by atoms with van der Waals surface area (Å²) in [4.78, 5) is 11.3. The number of carbonyl (C=O) groups excluding carboxylic acids is 1. The molecule has 0 saturated carbocycles. The van der Waals surface area contributed by atoms with Crippen molar-refractivity contribution in [2.45, 2.75) is 46.5 Å².